The smallest absolute Gasteiger partial charge is 0.303 e. The fourth-order valence-electron chi connectivity index (χ4n) is 3.28. The quantitative estimate of drug-likeness (QED) is 0.737. The van der Waals surface area contributed by atoms with Crippen molar-refractivity contribution >= 4 is 17.8 Å². The van der Waals surface area contributed by atoms with Crippen LogP contribution in [0.15, 0.2) is 0 Å². The van der Waals surface area contributed by atoms with Gasteiger partial charge in [-0.1, -0.05) is 0 Å². The van der Waals surface area contributed by atoms with Crippen molar-refractivity contribution in [3.63, 3.8) is 0 Å². The van der Waals surface area contributed by atoms with Crippen LogP contribution in [0.3, 0.4) is 0 Å². The van der Waals surface area contributed by atoms with Gasteiger partial charge in [0, 0.05) is 44.7 Å². The zero-order chi connectivity index (χ0) is 17.2. The average molecular weight is 325 g/mol. The number of imide groups is 1. The molecule has 7 nitrogen and oxygen atoms in total. The van der Waals surface area contributed by atoms with Crippen LogP contribution in [0.25, 0.3) is 0 Å². The van der Waals surface area contributed by atoms with Gasteiger partial charge in [0.25, 0.3) is 0 Å². The fourth-order valence-corrected chi connectivity index (χ4v) is 3.28. The number of aliphatic carboxylic acids is 1. The molecule has 0 aliphatic carbocycles. The number of carboxylic acids is 1. The molecule has 7 heteroatoms. The number of amides is 2. The Hall–Kier alpha value is -1.47. The molecule has 2 aliphatic heterocycles. The molecule has 1 unspecified atom stereocenters. The minimum atomic E-state index is -0.904. The van der Waals surface area contributed by atoms with E-state index in [1.807, 2.05) is 0 Å². The number of carboxylic acid groups (broad SMARTS) is 1. The predicted octanol–water partition coefficient (Wildman–Crippen LogP) is 0.395. The van der Waals surface area contributed by atoms with Gasteiger partial charge < -0.3 is 5.11 Å². The summed E-state index contributed by atoms with van der Waals surface area (Å²) in [5.41, 5.74) is 0.116. The van der Waals surface area contributed by atoms with Crippen molar-refractivity contribution in [3.8, 4) is 0 Å². The summed E-state index contributed by atoms with van der Waals surface area (Å²) in [6.45, 7) is 10.1. The van der Waals surface area contributed by atoms with Gasteiger partial charge in [0.1, 0.15) is 0 Å². The molecule has 2 aliphatic rings. The third kappa shape index (κ3) is 4.29. The van der Waals surface area contributed by atoms with Crippen molar-refractivity contribution in [1.82, 2.24) is 14.7 Å². The van der Waals surface area contributed by atoms with Crippen molar-refractivity contribution in [2.24, 2.45) is 0 Å². The second kappa shape index (κ2) is 6.97. The normalized spacial score (nSPS) is 24.5. The fraction of sp³-hybridized carbons (Fsp3) is 0.812. The number of likely N-dealkylation sites (tertiary alicyclic amines) is 1. The van der Waals surface area contributed by atoms with E-state index in [9.17, 15) is 14.4 Å². The molecule has 2 rings (SSSR count). The van der Waals surface area contributed by atoms with Crippen LogP contribution >= 0.6 is 0 Å². The largest absolute Gasteiger partial charge is 0.481 e. The maximum atomic E-state index is 12.5. The molecule has 1 atom stereocenters. The molecule has 2 saturated heterocycles. The van der Waals surface area contributed by atoms with E-state index in [-0.39, 0.29) is 42.8 Å². The topological polar surface area (TPSA) is 81.2 Å². The van der Waals surface area contributed by atoms with E-state index in [1.165, 1.54) is 4.90 Å². The highest BCUT2D eigenvalue weighted by molar-refractivity contribution is 6.05. The number of rotatable bonds is 5. The first-order valence-corrected chi connectivity index (χ1v) is 8.25. The summed E-state index contributed by atoms with van der Waals surface area (Å²) in [5.74, 6) is -1.24. The molecule has 0 spiro atoms. The molecule has 0 radical (unpaired) electrons. The summed E-state index contributed by atoms with van der Waals surface area (Å²) >= 11 is 0. The average Bonchev–Trinajstić information content (AvgIpc) is 2.74. The summed E-state index contributed by atoms with van der Waals surface area (Å²) in [5, 5.41) is 8.66. The van der Waals surface area contributed by atoms with Crippen LogP contribution in [0, 0.1) is 0 Å². The van der Waals surface area contributed by atoms with Crippen LogP contribution in [0.1, 0.15) is 40.0 Å². The third-order valence-corrected chi connectivity index (χ3v) is 4.70. The summed E-state index contributed by atoms with van der Waals surface area (Å²) < 4.78 is 0. The molecule has 1 N–H and O–H groups in total. The van der Waals surface area contributed by atoms with Crippen molar-refractivity contribution in [3.05, 3.63) is 0 Å². The van der Waals surface area contributed by atoms with E-state index in [1.54, 1.807) is 0 Å². The Kier molecular flexibility index (Phi) is 5.41. The number of nitrogens with zero attached hydrogens (tertiary/aromatic N) is 3. The van der Waals surface area contributed by atoms with Gasteiger partial charge >= 0.3 is 5.97 Å². The second-order valence-electron chi connectivity index (χ2n) is 7.29. The van der Waals surface area contributed by atoms with Crippen molar-refractivity contribution in [1.29, 1.82) is 0 Å². The van der Waals surface area contributed by atoms with Crippen LogP contribution in [0.4, 0.5) is 0 Å². The molecule has 2 heterocycles. The minimum absolute atomic E-state index is 0.0218. The third-order valence-electron chi connectivity index (χ3n) is 4.70. The SMILES string of the molecule is CC(C)(C)N1CCN(C2CC(=O)N(CCCC(=O)O)C2=O)CC1. The van der Waals surface area contributed by atoms with E-state index in [0.29, 0.717) is 6.42 Å². The Morgan fingerprint density at radius 3 is 2.30 bits per heavy atom. The standard InChI is InChI=1S/C16H27N3O4/c1-16(2,3)18-9-7-17(8-10-18)12-11-13(20)19(15(12)23)6-4-5-14(21)22/h12H,4-11H2,1-3H3,(H,21,22). The Bertz CT molecular complexity index is 478. The number of carbonyl (C=O) groups is 3. The minimum Gasteiger partial charge on any atom is -0.481 e. The lowest BCUT2D eigenvalue weighted by Gasteiger charge is -2.43. The molecule has 130 valence electrons. The van der Waals surface area contributed by atoms with E-state index in [0.717, 1.165) is 26.2 Å². The Balaban J connectivity index is 1.89. The van der Waals surface area contributed by atoms with Gasteiger partial charge in [-0.2, -0.15) is 0 Å². The highest BCUT2D eigenvalue weighted by Crippen LogP contribution is 2.23. The Labute approximate surface area is 137 Å². The predicted molar refractivity (Wildman–Crippen MR) is 84.9 cm³/mol. The lowest BCUT2D eigenvalue weighted by atomic mass is 10.0. The Morgan fingerprint density at radius 2 is 1.78 bits per heavy atom. The molecule has 0 bridgehead atoms. The van der Waals surface area contributed by atoms with Crippen molar-refractivity contribution in [2.45, 2.75) is 51.6 Å². The lowest BCUT2D eigenvalue weighted by Crippen LogP contribution is -2.56. The molecular weight excluding hydrogens is 298 g/mol. The van der Waals surface area contributed by atoms with E-state index in [2.05, 4.69) is 30.6 Å². The van der Waals surface area contributed by atoms with E-state index >= 15 is 0 Å². The monoisotopic (exact) mass is 325 g/mol. The maximum Gasteiger partial charge on any atom is 0.303 e. The highest BCUT2D eigenvalue weighted by atomic mass is 16.4. The number of hydrogen-bond donors (Lipinski definition) is 1. The van der Waals surface area contributed by atoms with Gasteiger partial charge in [-0.05, 0) is 27.2 Å². The Morgan fingerprint density at radius 1 is 1.17 bits per heavy atom. The van der Waals surface area contributed by atoms with Crippen LogP contribution < -0.4 is 0 Å². The first kappa shape index (κ1) is 17.9. The molecule has 2 fully saturated rings. The van der Waals surface area contributed by atoms with Crippen LogP contribution in [0.2, 0.25) is 0 Å². The number of hydrogen-bond acceptors (Lipinski definition) is 5. The van der Waals surface area contributed by atoms with Crippen molar-refractivity contribution in [2.75, 3.05) is 32.7 Å². The second-order valence-corrected chi connectivity index (χ2v) is 7.29. The van der Waals surface area contributed by atoms with Crippen LogP contribution in [-0.4, -0.2) is 81.9 Å². The first-order chi connectivity index (χ1) is 10.7. The number of piperazine rings is 1. The summed E-state index contributed by atoms with van der Waals surface area (Å²) in [4.78, 5) is 40.8. The zero-order valence-electron chi connectivity index (χ0n) is 14.2. The van der Waals surface area contributed by atoms with Gasteiger partial charge in [0.05, 0.1) is 12.5 Å². The van der Waals surface area contributed by atoms with Gasteiger partial charge in [-0.15, -0.1) is 0 Å². The molecule has 0 saturated carbocycles. The maximum absolute atomic E-state index is 12.5. The molecular formula is C16H27N3O4. The van der Waals surface area contributed by atoms with Crippen molar-refractivity contribution < 1.29 is 19.5 Å². The molecule has 0 aromatic carbocycles. The lowest BCUT2D eigenvalue weighted by molar-refractivity contribution is -0.142. The van der Waals surface area contributed by atoms with Crippen LogP contribution in [-0.2, 0) is 14.4 Å². The molecule has 2 amide bonds. The van der Waals surface area contributed by atoms with Gasteiger partial charge in [0.2, 0.25) is 11.8 Å². The molecule has 0 aromatic rings. The first-order valence-electron chi connectivity index (χ1n) is 8.25. The summed E-state index contributed by atoms with van der Waals surface area (Å²) in [6.07, 6.45) is 0.519. The van der Waals surface area contributed by atoms with Gasteiger partial charge in [-0.3, -0.25) is 29.1 Å². The summed E-state index contributed by atoms with van der Waals surface area (Å²) in [7, 11) is 0. The molecule has 0 aromatic heterocycles. The zero-order valence-corrected chi connectivity index (χ0v) is 14.2. The van der Waals surface area contributed by atoms with Crippen LogP contribution in [0.5, 0.6) is 0 Å². The highest BCUT2D eigenvalue weighted by Gasteiger charge is 2.42. The number of carbonyl (C=O) groups excluding carboxylic acids is 2. The van der Waals surface area contributed by atoms with Gasteiger partial charge in [0.15, 0.2) is 0 Å². The summed E-state index contributed by atoms with van der Waals surface area (Å²) in [6, 6.07) is -0.366. The van der Waals surface area contributed by atoms with Gasteiger partial charge in [-0.25, -0.2) is 0 Å². The molecule has 23 heavy (non-hydrogen) atoms. The van der Waals surface area contributed by atoms with E-state index < -0.39 is 5.97 Å². The van der Waals surface area contributed by atoms with E-state index in [4.69, 9.17) is 5.11 Å².